The summed E-state index contributed by atoms with van der Waals surface area (Å²) in [5, 5.41) is 10.0. The fourth-order valence-electron chi connectivity index (χ4n) is 4.27. The van der Waals surface area contributed by atoms with Gasteiger partial charge in [0.15, 0.2) is 0 Å². The SMILES string of the molecule is O[C@@H]1C[C@H]2CN(Cc3ccc(F)cc3)[C@H](Cc3ccccc3)CN2C1. The summed E-state index contributed by atoms with van der Waals surface area (Å²) in [5.74, 6) is -0.187. The fourth-order valence-corrected chi connectivity index (χ4v) is 4.27. The molecule has 3 nitrogen and oxygen atoms in total. The molecule has 0 bridgehead atoms. The summed E-state index contributed by atoms with van der Waals surface area (Å²) >= 11 is 0. The van der Waals surface area contributed by atoms with E-state index in [2.05, 4.69) is 34.1 Å². The summed E-state index contributed by atoms with van der Waals surface area (Å²) in [6.07, 6.45) is 1.66. The van der Waals surface area contributed by atoms with Gasteiger partial charge in [-0.05, 0) is 36.1 Å². The number of aliphatic hydroxyl groups is 1. The summed E-state index contributed by atoms with van der Waals surface area (Å²) in [4.78, 5) is 4.96. The van der Waals surface area contributed by atoms with E-state index in [0.29, 0.717) is 12.1 Å². The predicted molar refractivity (Wildman–Crippen MR) is 96.7 cm³/mol. The quantitative estimate of drug-likeness (QED) is 0.927. The van der Waals surface area contributed by atoms with Gasteiger partial charge in [-0.25, -0.2) is 4.39 Å². The Morgan fingerprint density at radius 1 is 0.920 bits per heavy atom. The Balaban J connectivity index is 1.52. The third-order valence-electron chi connectivity index (χ3n) is 5.53. The molecule has 4 heteroatoms. The molecule has 2 saturated heterocycles. The van der Waals surface area contributed by atoms with Crippen LogP contribution in [0.1, 0.15) is 17.5 Å². The first-order chi connectivity index (χ1) is 12.2. The number of piperazine rings is 1. The van der Waals surface area contributed by atoms with Gasteiger partial charge in [-0.1, -0.05) is 42.5 Å². The number of hydrogen-bond donors (Lipinski definition) is 1. The van der Waals surface area contributed by atoms with Gasteiger partial charge in [0.25, 0.3) is 0 Å². The predicted octanol–water partition coefficient (Wildman–Crippen LogP) is 2.69. The van der Waals surface area contributed by atoms with E-state index in [9.17, 15) is 9.50 Å². The normalized spacial score (nSPS) is 27.4. The Morgan fingerprint density at radius 2 is 1.68 bits per heavy atom. The molecular formula is C21H25FN2O. The molecule has 2 heterocycles. The molecule has 0 aliphatic carbocycles. The standard InChI is InChI=1S/C21H25FN2O/c22-18-8-6-17(7-9-18)12-23-14-20-11-21(25)15-24(20)13-19(23)10-16-4-2-1-3-5-16/h1-9,19-21,25H,10-15H2/t19-,20+,21-/m1/s1. The van der Waals surface area contributed by atoms with Crippen molar-refractivity contribution in [1.82, 2.24) is 9.80 Å². The lowest BCUT2D eigenvalue weighted by Gasteiger charge is -2.43. The van der Waals surface area contributed by atoms with Crippen molar-refractivity contribution in [3.05, 3.63) is 71.5 Å². The third-order valence-corrected chi connectivity index (χ3v) is 5.53. The van der Waals surface area contributed by atoms with Crippen LogP contribution in [0.4, 0.5) is 4.39 Å². The number of hydrogen-bond acceptors (Lipinski definition) is 3. The van der Waals surface area contributed by atoms with Gasteiger partial charge < -0.3 is 5.11 Å². The van der Waals surface area contributed by atoms with E-state index in [-0.39, 0.29) is 11.9 Å². The number of rotatable bonds is 4. The minimum absolute atomic E-state index is 0.187. The molecule has 0 spiro atoms. The minimum atomic E-state index is -0.201. The van der Waals surface area contributed by atoms with Crippen LogP contribution >= 0.6 is 0 Å². The highest BCUT2D eigenvalue weighted by Crippen LogP contribution is 2.27. The summed E-state index contributed by atoms with van der Waals surface area (Å²) in [6, 6.07) is 18.3. The maximum Gasteiger partial charge on any atom is 0.123 e. The molecule has 4 rings (SSSR count). The van der Waals surface area contributed by atoms with Crippen molar-refractivity contribution in [2.24, 2.45) is 0 Å². The van der Waals surface area contributed by atoms with Crippen LogP contribution < -0.4 is 0 Å². The van der Waals surface area contributed by atoms with Crippen molar-refractivity contribution in [2.45, 2.75) is 37.6 Å². The van der Waals surface area contributed by atoms with Crippen LogP contribution in [-0.4, -0.2) is 52.7 Å². The minimum Gasteiger partial charge on any atom is -0.392 e. The van der Waals surface area contributed by atoms with Crippen LogP contribution in [-0.2, 0) is 13.0 Å². The van der Waals surface area contributed by atoms with E-state index in [0.717, 1.165) is 44.6 Å². The van der Waals surface area contributed by atoms with Crippen LogP contribution in [0.25, 0.3) is 0 Å². The smallest absolute Gasteiger partial charge is 0.123 e. The summed E-state index contributed by atoms with van der Waals surface area (Å²) < 4.78 is 13.2. The zero-order valence-electron chi connectivity index (χ0n) is 14.4. The fraction of sp³-hybridized carbons (Fsp3) is 0.429. The molecule has 2 aliphatic rings. The van der Waals surface area contributed by atoms with Crippen molar-refractivity contribution >= 4 is 0 Å². The number of fused-ring (bicyclic) bond motifs is 1. The highest BCUT2D eigenvalue weighted by atomic mass is 19.1. The average molecular weight is 340 g/mol. The number of benzene rings is 2. The molecule has 2 aliphatic heterocycles. The highest BCUT2D eigenvalue weighted by molar-refractivity contribution is 5.19. The Labute approximate surface area is 148 Å². The molecule has 2 aromatic carbocycles. The van der Waals surface area contributed by atoms with Crippen molar-refractivity contribution in [3.8, 4) is 0 Å². The van der Waals surface area contributed by atoms with E-state index in [1.807, 2.05) is 18.2 Å². The Kier molecular flexibility index (Phi) is 4.84. The van der Waals surface area contributed by atoms with Crippen molar-refractivity contribution in [2.75, 3.05) is 19.6 Å². The lowest BCUT2D eigenvalue weighted by atomic mass is 9.99. The molecular weight excluding hydrogens is 315 g/mol. The van der Waals surface area contributed by atoms with E-state index >= 15 is 0 Å². The van der Waals surface area contributed by atoms with Crippen LogP contribution in [0.3, 0.4) is 0 Å². The highest BCUT2D eigenvalue weighted by Gasteiger charge is 2.39. The van der Waals surface area contributed by atoms with Gasteiger partial charge in [-0.15, -0.1) is 0 Å². The second kappa shape index (κ2) is 7.24. The van der Waals surface area contributed by atoms with Crippen molar-refractivity contribution < 1.29 is 9.50 Å². The first-order valence-corrected chi connectivity index (χ1v) is 9.12. The molecule has 25 heavy (non-hydrogen) atoms. The number of aliphatic hydroxyl groups excluding tert-OH is 1. The van der Waals surface area contributed by atoms with Gasteiger partial charge >= 0.3 is 0 Å². The van der Waals surface area contributed by atoms with E-state index in [1.165, 1.54) is 17.7 Å². The largest absolute Gasteiger partial charge is 0.392 e. The first-order valence-electron chi connectivity index (χ1n) is 9.12. The molecule has 0 amide bonds. The molecule has 0 saturated carbocycles. The van der Waals surface area contributed by atoms with E-state index < -0.39 is 0 Å². The van der Waals surface area contributed by atoms with Crippen LogP contribution in [0.15, 0.2) is 54.6 Å². The molecule has 0 radical (unpaired) electrons. The second-order valence-electron chi connectivity index (χ2n) is 7.40. The van der Waals surface area contributed by atoms with Crippen molar-refractivity contribution in [3.63, 3.8) is 0 Å². The van der Waals surface area contributed by atoms with Crippen LogP contribution in [0.2, 0.25) is 0 Å². The van der Waals surface area contributed by atoms with Crippen LogP contribution in [0.5, 0.6) is 0 Å². The van der Waals surface area contributed by atoms with Gasteiger partial charge in [0.05, 0.1) is 6.10 Å². The zero-order valence-corrected chi connectivity index (χ0v) is 14.4. The van der Waals surface area contributed by atoms with Gasteiger partial charge in [0.1, 0.15) is 5.82 Å². The molecule has 1 N–H and O–H groups in total. The monoisotopic (exact) mass is 340 g/mol. The zero-order chi connectivity index (χ0) is 17.2. The van der Waals surface area contributed by atoms with Gasteiger partial charge in [-0.3, -0.25) is 9.80 Å². The second-order valence-corrected chi connectivity index (χ2v) is 7.40. The number of nitrogens with zero attached hydrogens (tertiary/aromatic N) is 2. The van der Waals surface area contributed by atoms with Crippen LogP contribution in [0, 0.1) is 5.82 Å². The first kappa shape index (κ1) is 16.7. The van der Waals surface area contributed by atoms with Gasteiger partial charge in [-0.2, -0.15) is 0 Å². The molecule has 0 aromatic heterocycles. The van der Waals surface area contributed by atoms with Crippen molar-refractivity contribution in [1.29, 1.82) is 0 Å². The summed E-state index contributed by atoms with van der Waals surface area (Å²) in [7, 11) is 0. The molecule has 0 unspecified atom stereocenters. The Morgan fingerprint density at radius 3 is 2.44 bits per heavy atom. The molecule has 3 atom stereocenters. The third kappa shape index (κ3) is 3.92. The molecule has 2 aromatic rings. The lowest BCUT2D eigenvalue weighted by Crippen LogP contribution is -2.56. The maximum absolute atomic E-state index is 13.2. The van der Waals surface area contributed by atoms with Gasteiger partial charge in [0.2, 0.25) is 0 Å². The Hall–Kier alpha value is -1.75. The molecule has 132 valence electrons. The summed E-state index contributed by atoms with van der Waals surface area (Å²) in [6.45, 7) is 3.57. The summed E-state index contributed by atoms with van der Waals surface area (Å²) in [5.41, 5.74) is 2.49. The lowest BCUT2D eigenvalue weighted by molar-refractivity contribution is 0.0445. The maximum atomic E-state index is 13.2. The van der Waals surface area contributed by atoms with Gasteiger partial charge in [0, 0.05) is 38.3 Å². The Bertz CT molecular complexity index is 691. The number of halogens is 1. The van der Waals surface area contributed by atoms with E-state index in [1.54, 1.807) is 0 Å². The molecule has 2 fully saturated rings. The average Bonchev–Trinajstić information content (AvgIpc) is 2.97. The topological polar surface area (TPSA) is 26.7 Å². The van der Waals surface area contributed by atoms with E-state index in [4.69, 9.17) is 0 Å².